The molecule has 2 aliphatic rings. The highest BCUT2D eigenvalue weighted by Gasteiger charge is 2.49. The molecule has 2 atom stereocenters. The smallest absolute Gasteiger partial charge is 0.226 e. The summed E-state index contributed by atoms with van der Waals surface area (Å²) >= 11 is 0. The number of likely N-dealkylation sites (N-methyl/N-ethyl adjacent to an activating group) is 1. The topological polar surface area (TPSA) is 61.9 Å². The molecule has 20 heavy (non-hydrogen) atoms. The van der Waals surface area contributed by atoms with E-state index in [1.165, 1.54) is 0 Å². The lowest BCUT2D eigenvalue weighted by molar-refractivity contribution is -0.136. The van der Waals surface area contributed by atoms with Crippen LogP contribution in [0.3, 0.4) is 0 Å². The molecule has 6 nitrogen and oxygen atoms in total. The number of hydrogen-bond acceptors (Lipinski definition) is 4. The summed E-state index contributed by atoms with van der Waals surface area (Å²) < 4.78 is 4.89. The fourth-order valence-corrected chi connectivity index (χ4v) is 2.68. The molecular formula is C14H25N3O3. The van der Waals surface area contributed by atoms with Gasteiger partial charge >= 0.3 is 0 Å². The molecule has 2 rings (SSSR count). The van der Waals surface area contributed by atoms with Gasteiger partial charge in [-0.1, -0.05) is 6.92 Å². The van der Waals surface area contributed by atoms with Crippen LogP contribution in [0, 0.1) is 11.8 Å². The highest BCUT2D eigenvalue weighted by Crippen LogP contribution is 2.40. The molecule has 0 spiro atoms. The van der Waals surface area contributed by atoms with Crippen molar-refractivity contribution in [3.05, 3.63) is 0 Å². The Balaban J connectivity index is 1.71. The van der Waals surface area contributed by atoms with E-state index in [1.807, 2.05) is 4.90 Å². The second-order valence-corrected chi connectivity index (χ2v) is 5.49. The summed E-state index contributed by atoms with van der Waals surface area (Å²) in [6, 6.07) is 0. The van der Waals surface area contributed by atoms with Crippen LogP contribution in [-0.4, -0.2) is 74.6 Å². The summed E-state index contributed by atoms with van der Waals surface area (Å²) in [7, 11) is 1.60. The highest BCUT2D eigenvalue weighted by molar-refractivity contribution is 5.92. The molecule has 1 N–H and O–H groups in total. The quantitative estimate of drug-likeness (QED) is 0.671. The molecule has 2 amide bonds. The monoisotopic (exact) mass is 283 g/mol. The molecule has 0 aromatic heterocycles. The number of carbonyl (C=O) groups excluding carboxylic acids is 2. The van der Waals surface area contributed by atoms with Crippen molar-refractivity contribution in [1.29, 1.82) is 0 Å². The molecule has 2 fully saturated rings. The third-order valence-corrected chi connectivity index (χ3v) is 4.18. The van der Waals surface area contributed by atoms with E-state index in [0.717, 1.165) is 32.7 Å². The fraction of sp³-hybridized carbons (Fsp3) is 0.857. The number of piperazine rings is 1. The fourth-order valence-electron chi connectivity index (χ4n) is 2.68. The molecule has 1 heterocycles. The predicted molar refractivity (Wildman–Crippen MR) is 75.2 cm³/mol. The number of nitrogens with one attached hydrogen (secondary N) is 1. The minimum atomic E-state index is -0.122. The second-order valence-electron chi connectivity index (χ2n) is 5.49. The zero-order valence-corrected chi connectivity index (χ0v) is 12.4. The zero-order valence-electron chi connectivity index (χ0n) is 12.4. The van der Waals surface area contributed by atoms with Crippen molar-refractivity contribution < 1.29 is 14.3 Å². The maximum atomic E-state index is 12.3. The Kier molecular flexibility index (Phi) is 5.37. The molecule has 1 aliphatic heterocycles. The molecule has 2 unspecified atom stereocenters. The van der Waals surface area contributed by atoms with E-state index >= 15 is 0 Å². The molecule has 0 radical (unpaired) electrons. The Morgan fingerprint density at radius 3 is 2.50 bits per heavy atom. The maximum absolute atomic E-state index is 12.3. The Morgan fingerprint density at radius 1 is 1.20 bits per heavy atom. The average Bonchev–Trinajstić information content (AvgIpc) is 3.27. The Hall–Kier alpha value is -1.14. The molecule has 1 aliphatic carbocycles. The largest absolute Gasteiger partial charge is 0.383 e. The minimum Gasteiger partial charge on any atom is -0.383 e. The summed E-state index contributed by atoms with van der Waals surface area (Å²) in [4.78, 5) is 28.4. The highest BCUT2D eigenvalue weighted by atomic mass is 16.5. The van der Waals surface area contributed by atoms with E-state index in [4.69, 9.17) is 4.74 Å². The Morgan fingerprint density at radius 2 is 1.90 bits per heavy atom. The van der Waals surface area contributed by atoms with Crippen LogP contribution in [0.15, 0.2) is 0 Å². The van der Waals surface area contributed by atoms with E-state index in [1.54, 1.807) is 7.11 Å². The number of rotatable bonds is 6. The molecule has 0 bridgehead atoms. The van der Waals surface area contributed by atoms with Crippen LogP contribution in [0.2, 0.25) is 0 Å². The first kappa shape index (κ1) is 15.3. The first-order valence-electron chi connectivity index (χ1n) is 7.45. The first-order chi connectivity index (χ1) is 9.67. The van der Waals surface area contributed by atoms with Gasteiger partial charge in [0.05, 0.1) is 18.4 Å². The van der Waals surface area contributed by atoms with E-state index in [-0.39, 0.29) is 23.7 Å². The van der Waals surface area contributed by atoms with Crippen molar-refractivity contribution in [3.63, 3.8) is 0 Å². The third kappa shape index (κ3) is 3.70. The first-order valence-corrected chi connectivity index (χ1v) is 7.45. The van der Waals surface area contributed by atoms with E-state index in [2.05, 4.69) is 17.1 Å². The van der Waals surface area contributed by atoms with E-state index in [9.17, 15) is 9.59 Å². The summed E-state index contributed by atoms with van der Waals surface area (Å²) in [6.07, 6.45) is 0.700. The standard InChI is InChI=1S/C14H25N3O3/c1-3-16-5-7-17(8-6-16)14(19)12-10-11(12)13(18)15-4-9-20-2/h11-12H,3-10H2,1-2H3,(H,15,18). The molecule has 1 saturated carbocycles. The van der Waals surface area contributed by atoms with Crippen LogP contribution >= 0.6 is 0 Å². The second kappa shape index (κ2) is 7.04. The summed E-state index contributed by atoms with van der Waals surface area (Å²) in [5, 5.41) is 2.81. The maximum Gasteiger partial charge on any atom is 0.226 e. The van der Waals surface area contributed by atoms with Gasteiger partial charge in [0.15, 0.2) is 0 Å². The van der Waals surface area contributed by atoms with E-state index in [0.29, 0.717) is 19.6 Å². The summed E-state index contributed by atoms with van der Waals surface area (Å²) in [5.41, 5.74) is 0. The SMILES string of the molecule is CCN1CCN(C(=O)C2CC2C(=O)NCCOC)CC1. The van der Waals surface area contributed by atoms with Gasteiger partial charge in [-0.15, -0.1) is 0 Å². The summed E-state index contributed by atoms with van der Waals surface area (Å²) in [5.74, 6) is -0.0606. The third-order valence-electron chi connectivity index (χ3n) is 4.18. The van der Waals surface area contributed by atoms with Gasteiger partial charge in [-0.3, -0.25) is 9.59 Å². The minimum absolute atomic E-state index is 0.00686. The molecule has 0 aromatic carbocycles. The normalized spacial score (nSPS) is 26.4. The van der Waals surface area contributed by atoms with Crippen molar-refractivity contribution in [3.8, 4) is 0 Å². The lowest BCUT2D eigenvalue weighted by Crippen LogP contribution is -2.49. The van der Waals surface area contributed by atoms with Crippen molar-refractivity contribution in [2.75, 3.05) is 53.0 Å². The van der Waals surface area contributed by atoms with Crippen LogP contribution in [0.4, 0.5) is 0 Å². The molecular weight excluding hydrogens is 258 g/mol. The van der Waals surface area contributed by atoms with Crippen LogP contribution in [0.5, 0.6) is 0 Å². The number of hydrogen-bond donors (Lipinski definition) is 1. The Bertz CT molecular complexity index is 354. The number of ether oxygens (including phenoxy) is 1. The zero-order chi connectivity index (χ0) is 14.5. The summed E-state index contributed by atoms with van der Waals surface area (Å²) in [6.45, 7) is 7.68. The molecule has 114 valence electrons. The van der Waals surface area contributed by atoms with Gasteiger partial charge < -0.3 is 19.9 Å². The van der Waals surface area contributed by atoms with Crippen molar-refractivity contribution in [1.82, 2.24) is 15.1 Å². The lowest BCUT2D eigenvalue weighted by Gasteiger charge is -2.34. The van der Waals surface area contributed by atoms with Gasteiger partial charge in [0, 0.05) is 39.8 Å². The molecule has 1 saturated heterocycles. The van der Waals surface area contributed by atoms with Crippen LogP contribution in [0.25, 0.3) is 0 Å². The molecule has 0 aromatic rings. The number of amides is 2. The van der Waals surface area contributed by atoms with Gasteiger partial charge in [-0.05, 0) is 13.0 Å². The lowest BCUT2D eigenvalue weighted by atomic mass is 10.2. The van der Waals surface area contributed by atoms with Gasteiger partial charge in [-0.2, -0.15) is 0 Å². The van der Waals surface area contributed by atoms with Crippen LogP contribution in [-0.2, 0) is 14.3 Å². The molecule has 6 heteroatoms. The predicted octanol–water partition coefficient (Wildman–Crippen LogP) is -0.451. The van der Waals surface area contributed by atoms with Gasteiger partial charge in [0.25, 0.3) is 0 Å². The number of carbonyl (C=O) groups is 2. The van der Waals surface area contributed by atoms with Crippen LogP contribution in [0.1, 0.15) is 13.3 Å². The van der Waals surface area contributed by atoms with Crippen molar-refractivity contribution in [2.24, 2.45) is 11.8 Å². The van der Waals surface area contributed by atoms with Gasteiger partial charge in [0.2, 0.25) is 11.8 Å². The van der Waals surface area contributed by atoms with Crippen LogP contribution < -0.4 is 5.32 Å². The number of methoxy groups -OCH3 is 1. The number of nitrogens with zero attached hydrogens (tertiary/aromatic N) is 2. The van der Waals surface area contributed by atoms with Gasteiger partial charge in [0.1, 0.15) is 0 Å². The van der Waals surface area contributed by atoms with E-state index < -0.39 is 0 Å². The van der Waals surface area contributed by atoms with Crippen molar-refractivity contribution in [2.45, 2.75) is 13.3 Å². The van der Waals surface area contributed by atoms with Crippen molar-refractivity contribution >= 4 is 11.8 Å². The van der Waals surface area contributed by atoms with Gasteiger partial charge in [-0.25, -0.2) is 0 Å². The average molecular weight is 283 g/mol. The Labute approximate surface area is 120 Å².